The molecule has 0 aliphatic heterocycles. The number of thiophene rings is 2. The molecule has 6 nitrogen and oxygen atoms in total. The van der Waals surface area contributed by atoms with Crippen LogP contribution in [0.4, 0.5) is 68.2 Å². The molecular formula is C90H60N4O2S2. The van der Waals surface area contributed by atoms with Crippen molar-refractivity contribution in [2.24, 2.45) is 0 Å². The molecule has 0 spiro atoms. The summed E-state index contributed by atoms with van der Waals surface area (Å²) in [5, 5.41) is 9.52. The molecule has 0 bridgehead atoms. The van der Waals surface area contributed by atoms with Crippen LogP contribution >= 0.6 is 22.7 Å². The van der Waals surface area contributed by atoms with Gasteiger partial charge in [0.15, 0.2) is 0 Å². The Balaban J connectivity index is 0.000000143. The largest absolute Gasteiger partial charge is 0.456 e. The molecule has 0 fully saturated rings. The van der Waals surface area contributed by atoms with Gasteiger partial charge < -0.3 is 28.4 Å². The van der Waals surface area contributed by atoms with E-state index in [1.54, 1.807) is 0 Å². The molecule has 0 aliphatic rings. The normalized spacial score (nSPS) is 11.5. The van der Waals surface area contributed by atoms with Gasteiger partial charge in [0.2, 0.25) is 0 Å². The second-order valence-electron chi connectivity index (χ2n) is 24.4. The van der Waals surface area contributed by atoms with Crippen LogP contribution in [-0.2, 0) is 0 Å². The highest BCUT2D eigenvalue weighted by atomic mass is 32.1. The third-order valence-corrected chi connectivity index (χ3v) is 20.7. The Morgan fingerprint density at radius 1 is 0.184 bits per heavy atom. The Hall–Kier alpha value is -12.5. The van der Waals surface area contributed by atoms with Crippen LogP contribution in [0.25, 0.3) is 95.3 Å². The maximum Gasteiger partial charge on any atom is 0.137 e. The van der Waals surface area contributed by atoms with Crippen LogP contribution in [-0.4, -0.2) is 0 Å². The number of anilines is 12. The molecule has 15 aromatic carbocycles. The van der Waals surface area contributed by atoms with Crippen molar-refractivity contribution in [2.75, 3.05) is 19.6 Å². The number of nitrogens with zero attached hydrogens (tertiary/aromatic N) is 4. The molecule has 0 saturated heterocycles. The first-order valence-electron chi connectivity index (χ1n) is 32.9. The average molecular weight is 1290 g/mol. The summed E-state index contributed by atoms with van der Waals surface area (Å²) in [6.07, 6.45) is 0. The molecule has 19 rings (SSSR count). The number of fused-ring (bicyclic) bond motifs is 12. The van der Waals surface area contributed by atoms with E-state index < -0.39 is 0 Å². The van der Waals surface area contributed by atoms with Crippen LogP contribution < -0.4 is 19.6 Å². The van der Waals surface area contributed by atoms with Gasteiger partial charge in [0.1, 0.15) is 22.3 Å². The molecule has 4 aromatic heterocycles. The van der Waals surface area contributed by atoms with E-state index in [0.29, 0.717) is 0 Å². The number of benzene rings is 15. The van der Waals surface area contributed by atoms with Gasteiger partial charge in [-0.15, -0.1) is 22.7 Å². The first kappa shape index (κ1) is 58.1. The van der Waals surface area contributed by atoms with Gasteiger partial charge >= 0.3 is 0 Å². The average Bonchev–Trinajstić information content (AvgIpc) is 1.54. The first-order valence-corrected chi connectivity index (χ1v) is 34.6. The Labute approximate surface area is 574 Å². The van der Waals surface area contributed by atoms with Crippen molar-refractivity contribution >= 4 is 175 Å². The summed E-state index contributed by atoms with van der Waals surface area (Å²) in [5.41, 5.74) is 18.8. The van der Waals surface area contributed by atoms with Crippen LogP contribution in [0.5, 0.6) is 0 Å². The van der Waals surface area contributed by atoms with Gasteiger partial charge in [-0.05, 0) is 169 Å². The molecule has 0 unspecified atom stereocenters. The van der Waals surface area contributed by atoms with Gasteiger partial charge in [0.05, 0.1) is 22.1 Å². The fourth-order valence-electron chi connectivity index (χ4n) is 14.0. The van der Waals surface area contributed by atoms with Crippen molar-refractivity contribution in [3.8, 4) is 11.1 Å². The van der Waals surface area contributed by atoms with Gasteiger partial charge in [-0.3, -0.25) is 0 Å². The van der Waals surface area contributed by atoms with Crippen molar-refractivity contribution in [2.45, 2.75) is 0 Å². The quantitative estimate of drug-likeness (QED) is 0.115. The molecular weight excluding hydrogens is 1230 g/mol. The third kappa shape index (κ3) is 10.6. The zero-order valence-electron chi connectivity index (χ0n) is 53.1. The molecule has 0 saturated carbocycles. The summed E-state index contributed by atoms with van der Waals surface area (Å²) in [5.74, 6) is 0. The molecule has 4 heterocycles. The SMILES string of the molecule is c1ccc(-c2ccc(N(c3ccccc3)c3cccc4oc5cc(N(c6ccccc6)c6ccc7c(c6)sc6ccccc67)ccc5c34)cc2)cc1.c1ccc(N(c2ccc3c(c2)oc2cccc(N(c4ccccc4)c4ccccc4)c23)c2ccc3c(c2)sc2ccccc23)cc1. The Bertz CT molecular complexity index is 6040. The minimum atomic E-state index is 0.844. The number of hydrogen-bond acceptors (Lipinski definition) is 8. The lowest BCUT2D eigenvalue weighted by molar-refractivity contribution is 0.668. The minimum absolute atomic E-state index is 0.844. The second-order valence-corrected chi connectivity index (χ2v) is 26.5. The fourth-order valence-corrected chi connectivity index (χ4v) is 16.3. The Morgan fingerprint density at radius 3 is 0.878 bits per heavy atom. The second kappa shape index (κ2) is 25.0. The topological polar surface area (TPSA) is 39.2 Å². The molecule has 0 N–H and O–H groups in total. The van der Waals surface area contributed by atoms with E-state index in [2.05, 4.69) is 384 Å². The molecule has 0 amide bonds. The van der Waals surface area contributed by atoms with E-state index in [1.807, 2.05) is 22.7 Å². The summed E-state index contributed by atoms with van der Waals surface area (Å²) in [6.45, 7) is 0. The molecule has 0 radical (unpaired) electrons. The van der Waals surface area contributed by atoms with Crippen LogP contribution in [0.3, 0.4) is 0 Å². The highest BCUT2D eigenvalue weighted by Crippen LogP contribution is 2.49. The van der Waals surface area contributed by atoms with Gasteiger partial charge in [0.25, 0.3) is 0 Å². The highest BCUT2D eigenvalue weighted by molar-refractivity contribution is 7.26. The molecule has 98 heavy (non-hydrogen) atoms. The number of para-hydroxylation sites is 5. The summed E-state index contributed by atoms with van der Waals surface area (Å²) in [7, 11) is 0. The number of hydrogen-bond donors (Lipinski definition) is 0. The van der Waals surface area contributed by atoms with E-state index >= 15 is 0 Å². The lowest BCUT2D eigenvalue weighted by Crippen LogP contribution is -2.10. The lowest BCUT2D eigenvalue weighted by Gasteiger charge is -2.26. The van der Waals surface area contributed by atoms with Gasteiger partial charge in [0, 0.05) is 120 Å². The molecule has 8 heteroatoms. The highest BCUT2D eigenvalue weighted by Gasteiger charge is 2.24. The standard InChI is InChI=1S/C48H32N2OS.C42H28N2OS/c1-4-13-33(14-5-1)34-23-25-37(26-24-34)50(36-17-8-3-9-18-36)43-20-12-21-44-48(43)42-30-28-38(31-45(42)51-44)49(35-15-6-2-7-16-35)39-27-29-41-40-19-10-11-22-46(40)52-47(41)32-39;1-4-13-29(14-5-1)43(33-23-25-35-34-19-10-11-22-40(34)46-41(35)28-33)32-24-26-36-39(27-32)45-38-21-12-20-37(42(36)38)44(30-15-6-2-7-16-30)31-17-8-3-9-18-31/h1-32H;1-28H. The zero-order valence-corrected chi connectivity index (χ0v) is 54.7. The predicted molar refractivity (Wildman–Crippen MR) is 417 cm³/mol. The maximum atomic E-state index is 6.71. The number of rotatable bonds is 13. The summed E-state index contributed by atoms with van der Waals surface area (Å²) < 4.78 is 18.5. The van der Waals surface area contributed by atoms with E-state index in [4.69, 9.17) is 8.83 Å². The van der Waals surface area contributed by atoms with Crippen molar-refractivity contribution in [1.82, 2.24) is 0 Å². The van der Waals surface area contributed by atoms with E-state index in [0.717, 1.165) is 112 Å². The Morgan fingerprint density at radius 2 is 0.480 bits per heavy atom. The molecule has 0 atom stereocenters. The molecule has 464 valence electrons. The van der Waals surface area contributed by atoms with Crippen molar-refractivity contribution < 1.29 is 8.83 Å². The van der Waals surface area contributed by atoms with E-state index in [-0.39, 0.29) is 0 Å². The number of furan rings is 2. The summed E-state index contributed by atoms with van der Waals surface area (Å²) in [6, 6.07) is 129. The molecule has 0 aliphatic carbocycles. The third-order valence-electron chi connectivity index (χ3n) is 18.5. The Kier molecular flexibility index (Phi) is 14.8. The van der Waals surface area contributed by atoms with Gasteiger partial charge in [-0.2, -0.15) is 0 Å². The maximum absolute atomic E-state index is 6.71. The lowest BCUT2D eigenvalue weighted by atomic mass is 10.0. The van der Waals surface area contributed by atoms with Crippen molar-refractivity contribution in [3.05, 3.63) is 364 Å². The van der Waals surface area contributed by atoms with Gasteiger partial charge in [-0.25, -0.2) is 0 Å². The smallest absolute Gasteiger partial charge is 0.137 e. The van der Waals surface area contributed by atoms with E-state index in [9.17, 15) is 0 Å². The van der Waals surface area contributed by atoms with Crippen LogP contribution in [0.1, 0.15) is 0 Å². The van der Waals surface area contributed by atoms with Crippen LogP contribution in [0.2, 0.25) is 0 Å². The van der Waals surface area contributed by atoms with Crippen LogP contribution in [0, 0.1) is 0 Å². The van der Waals surface area contributed by atoms with Crippen LogP contribution in [0.15, 0.2) is 373 Å². The monoisotopic (exact) mass is 1290 g/mol. The van der Waals surface area contributed by atoms with E-state index in [1.165, 1.54) is 51.5 Å². The first-order chi connectivity index (χ1) is 48.6. The fraction of sp³-hybridized carbons (Fsp3) is 0. The summed E-state index contributed by atoms with van der Waals surface area (Å²) >= 11 is 3.68. The van der Waals surface area contributed by atoms with Gasteiger partial charge in [-0.1, -0.05) is 194 Å². The molecule has 19 aromatic rings. The predicted octanol–water partition coefficient (Wildman–Crippen LogP) is 27.5. The zero-order chi connectivity index (χ0) is 64.9. The van der Waals surface area contributed by atoms with Crippen molar-refractivity contribution in [3.63, 3.8) is 0 Å². The van der Waals surface area contributed by atoms with Crippen molar-refractivity contribution in [1.29, 1.82) is 0 Å². The minimum Gasteiger partial charge on any atom is -0.456 e. The summed E-state index contributed by atoms with van der Waals surface area (Å²) in [4.78, 5) is 9.28.